The summed E-state index contributed by atoms with van der Waals surface area (Å²) in [6, 6.07) is 12.4. The molecule has 0 bridgehead atoms. The molecule has 4 nitrogen and oxygen atoms in total. The zero-order valence-corrected chi connectivity index (χ0v) is 18.6. The first-order chi connectivity index (χ1) is 14.6. The van der Waals surface area contributed by atoms with E-state index in [1.54, 1.807) is 43.0 Å². The van der Waals surface area contributed by atoms with Crippen LogP contribution in [0.2, 0.25) is 5.02 Å². The smallest absolute Gasteiger partial charge is 0.341 e. The fraction of sp³-hybridized carbons (Fsp3) is 0.130. The number of hydrogen-bond acceptors (Lipinski definition) is 5. The molecule has 4 aromatic rings. The van der Waals surface area contributed by atoms with Crippen molar-refractivity contribution in [3.63, 3.8) is 0 Å². The van der Waals surface area contributed by atoms with Crippen LogP contribution in [0.4, 0.5) is 0 Å². The predicted octanol–water partition coefficient (Wildman–Crippen LogP) is 6.49. The fourth-order valence-corrected chi connectivity index (χ4v) is 5.77. The number of fused-ring (bicyclic) bond motifs is 3. The highest BCUT2D eigenvalue weighted by molar-refractivity contribution is 8.01. The summed E-state index contributed by atoms with van der Waals surface area (Å²) in [6.45, 7) is 5.82. The monoisotopic (exact) mass is 455 g/mol. The molecule has 4 rings (SSSR count). The van der Waals surface area contributed by atoms with Crippen molar-refractivity contribution in [1.82, 2.24) is 4.40 Å². The molecule has 0 N–H and O–H groups in total. The second kappa shape index (κ2) is 8.68. The Bertz CT molecular complexity index is 1270. The maximum atomic E-state index is 13.4. The van der Waals surface area contributed by atoms with Gasteiger partial charge in [0.25, 0.3) is 0 Å². The summed E-state index contributed by atoms with van der Waals surface area (Å²) < 4.78 is 8.27. The molecular weight excluding hydrogens is 438 g/mol. The average molecular weight is 456 g/mol. The summed E-state index contributed by atoms with van der Waals surface area (Å²) in [4.78, 5) is 26.9. The fourth-order valence-electron chi connectivity index (χ4n) is 3.36. The zero-order valence-electron chi connectivity index (χ0n) is 16.2. The van der Waals surface area contributed by atoms with Crippen LogP contribution in [-0.4, -0.2) is 28.5 Å². The normalized spacial score (nSPS) is 11.1. The van der Waals surface area contributed by atoms with Crippen molar-refractivity contribution in [2.75, 3.05) is 12.4 Å². The Hall–Kier alpha value is -2.54. The van der Waals surface area contributed by atoms with Crippen molar-refractivity contribution in [2.24, 2.45) is 0 Å². The first kappa shape index (κ1) is 20.7. The minimum atomic E-state index is -0.431. The SMILES string of the molecule is C=CCSc1sc(C(=O)c2ccc(Cl)cc2)c2c(C(=O)OCC)c3ccccn3c12. The number of carbonyl (C=O) groups is 2. The van der Waals surface area contributed by atoms with Crippen LogP contribution in [0, 0.1) is 0 Å². The lowest BCUT2D eigenvalue weighted by molar-refractivity contribution is 0.0531. The van der Waals surface area contributed by atoms with E-state index in [0.717, 1.165) is 15.2 Å². The van der Waals surface area contributed by atoms with Gasteiger partial charge in [0.1, 0.15) is 0 Å². The Morgan fingerprint density at radius 3 is 2.70 bits per heavy atom. The van der Waals surface area contributed by atoms with Gasteiger partial charge in [-0.05, 0) is 43.3 Å². The molecule has 0 radical (unpaired) electrons. The van der Waals surface area contributed by atoms with E-state index in [1.807, 2.05) is 34.9 Å². The van der Waals surface area contributed by atoms with Crippen molar-refractivity contribution in [3.05, 3.63) is 82.3 Å². The van der Waals surface area contributed by atoms with Gasteiger partial charge in [0.15, 0.2) is 0 Å². The van der Waals surface area contributed by atoms with E-state index >= 15 is 0 Å². The van der Waals surface area contributed by atoms with Crippen LogP contribution >= 0.6 is 34.7 Å². The summed E-state index contributed by atoms with van der Waals surface area (Å²) in [5.74, 6) is 0.118. The third kappa shape index (κ3) is 3.55. The number of rotatable bonds is 7. The maximum Gasteiger partial charge on any atom is 0.341 e. The van der Waals surface area contributed by atoms with E-state index in [0.29, 0.717) is 32.2 Å². The number of thioether (sulfide) groups is 1. The molecule has 0 unspecified atom stereocenters. The third-order valence-electron chi connectivity index (χ3n) is 4.58. The Morgan fingerprint density at radius 2 is 2.00 bits per heavy atom. The number of halogens is 1. The van der Waals surface area contributed by atoms with Crippen LogP contribution in [0.15, 0.2) is 65.5 Å². The van der Waals surface area contributed by atoms with E-state index in [9.17, 15) is 9.59 Å². The Morgan fingerprint density at radius 1 is 1.23 bits per heavy atom. The quantitative estimate of drug-likeness (QED) is 0.138. The van der Waals surface area contributed by atoms with E-state index < -0.39 is 5.97 Å². The molecule has 7 heteroatoms. The van der Waals surface area contributed by atoms with Gasteiger partial charge in [-0.1, -0.05) is 23.7 Å². The van der Waals surface area contributed by atoms with Crippen LogP contribution in [0.1, 0.15) is 32.5 Å². The second-order valence-corrected chi connectivity index (χ2v) is 9.18. The number of hydrogen-bond donors (Lipinski definition) is 0. The van der Waals surface area contributed by atoms with Crippen molar-refractivity contribution in [1.29, 1.82) is 0 Å². The van der Waals surface area contributed by atoms with E-state index in [4.69, 9.17) is 16.3 Å². The topological polar surface area (TPSA) is 47.8 Å². The molecule has 0 aliphatic carbocycles. The molecule has 0 aliphatic rings. The van der Waals surface area contributed by atoms with E-state index in [1.165, 1.54) is 11.3 Å². The van der Waals surface area contributed by atoms with Gasteiger partial charge in [0.2, 0.25) is 5.78 Å². The summed E-state index contributed by atoms with van der Waals surface area (Å²) >= 11 is 8.98. The number of esters is 1. The molecule has 0 fully saturated rings. The number of benzene rings is 1. The highest BCUT2D eigenvalue weighted by Gasteiger charge is 2.29. The average Bonchev–Trinajstić information content (AvgIpc) is 3.28. The lowest BCUT2D eigenvalue weighted by Gasteiger charge is -2.04. The van der Waals surface area contributed by atoms with Gasteiger partial charge in [-0.2, -0.15) is 0 Å². The summed E-state index contributed by atoms with van der Waals surface area (Å²) in [5, 5.41) is 1.20. The highest BCUT2D eigenvalue weighted by atomic mass is 35.5. The molecule has 30 heavy (non-hydrogen) atoms. The van der Waals surface area contributed by atoms with E-state index in [-0.39, 0.29) is 12.4 Å². The molecule has 1 aromatic carbocycles. The van der Waals surface area contributed by atoms with Gasteiger partial charge >= 0.3 is 5.97 Å². The van der Waals surface area contributed by atoms with Crippen molar-refractivity contribution in [2.45, 2.75) is 11.1 Å². The second-order valence-electron chi connectivity index (χ2n) is 6.43. The summed E-state index contributed by atoms with van der Waals surface area (Å²) in [6.07, 6.45) is 3.72. The Labute approximate surface area is 187 Å². The highest BCUT2D eigenvalue weighted by Crippen LogP contribution is 2.43. The minimum absolute atomic E-state index is 0.145. The van der Waals surface area contributed by atoms with Crippen LogP contribution < -0.4 is 0 Å². The van der Waals surface area contributed by atoms with Gasteiger partial charge in [-0.3, -0.25) is 4.79 Å². The van der Waals surface area contributed by atoms with Crippen LogP contribution in [-0.2, 0) is 4.74 Å². The molecule has 0 saturated carbocycles. The molecular formula is C23H18ClNO3S2. The maximum absolute atomic E-state index is 13.4. The van der Waals surface area contributed by atoms with Crippen LogP contribution in [0.25, 0.3) is 16.4 Å². The van der Waals surface area contributed by atoms with Crippen molar-refractivity contribution < 1.29 is 14.3 Å². The minimum Gasteiger partial charge on any atom is -0.462 e. The zero-order chi connectivity index (χ0) is 21.3. The molecule has 0 amide bonds. The van der Waals surface area contributed by atoms with Crippen LogP contribution in [0.3, 0.4) is 0 Å². The number of thiophene rings is 1. The predicted molar refractivity (Wildman–Crippen MR) is 125 cm³/mol. The molecule has 0 aliphatic heterocycles. The van der Waals surface area contributed by atoms with Gasteiger partial charge < -0.3 is 9.14 Å². The molecule has 152 valence electrons. The molecule has 0 atom stereocenters. The van der Waals surface area contributed by atoms with Gasteiger partial charge in [0, 0.05) is 27.9 Å². The van der Waals surface area contributed by atoms with Crippen molar-refractivity contribution >= 4 is 62.9 Å². The lowest BCUT2D eigenvalue weighted by atomic mass is 10.1. The number of carbonyl (C=O) groups excluding carboxylic acids is 2. The Balaban J connectivity index is 2.04. The van der Waals surface area contributed by atoms with Gasteiger partial charge in [-0.25, -0.2) is 4.79 Å². The molecule has 3 aromatic heterocycles. The summed E-state index contributed by atoms with van der Waals surface area (Å²) in [5.41, 5.74) is 2.52. The number of aromatic nitrogens is 1. The summed E-state index contributed by atoms with van der Waals surface area (Å²) in [7, 11) is 0. The number of pyridine rings is 1. The molecule has 0 saturated heterocycles. The Kier molecular flexibility index (Phi) is 5.99. The van der Waals surface area contributed by atoms with E-state index in [2.05, 4.69) is 6.58 Å². The third-order valence-corrected chi connectivity index (χ3v) is 7.27. The number of nitrogens with zero attached hydrogens (tertiary/aromatic N) is 1. The van der Waals surface area contributed by atoms with Crippen LogP contribution in [0.5, 0.6) is 0 Å². The molecule has 0 spiro atoms. The van der Waals surface area contributed by atoms with Gasteiger partial charge in [0.05, 0.1) is 32.3 Å². The molecule has 3 heterocycles. The number of ketones is 1. The number of ether oxygens (including phenoxy) is 1. The lowest BCUT2D eigenvalue weighted by Crippen LogP contribution is -2.06. The van der Waals surface area contributed by atoms with Crippen molar-refractivity contribution in [3.8, 4) is 0 Å². The first-order valence-electron chi connectivity index (χ1n) is 9.33. The largest absolute Gasteiger partial charge is 0.462 e. The first-order valence-corrected chi connectivity index (χ1v) is 11.5. The van der Waals surface area contributed by atoms with Gasteiger partial charge in [-0.15, -0.1) is 29.7 Å². The standard InChI is InChI=1S/C23H18ClNO3S2/c1-3-13-29-23-19-18(21(30-23)20(26)14-8-10-15(24)11-9-14)17(22(27)28-4-2)16-7-5-6-12-25(16)19/h3,5-12H,1,4,13H2,2H3.